The first-order chi connectivity index (χ1) is 5.74. The van der Waals surface area contributed by atoms with Crippen LogP contribution in [-0.4, -0.2) is 11.7 Å². The monoisotopic (exact) mass is 161 g/mol. The average molecular weight is 161 g/mol. The number of anilines is 1. The molecule has 2 N–H and O–H groups in total. The molecule has 0 aliphatic heterocycles. The van der Waals surface area contributed by atoms with Crippen molar-refractivity contribution in [2.75, 3.05) is 11.9 Å². The van der Waals surface area contributed by atoms with Crippen LogP contribution in [0.3, 0.4) is 0 Å². The van der Waals surface area contributed by atoms with E-state index in [-0.39, 0.29) is 5.75 Å². The third-order valence-corrected chi connectivity index (χ3v) is 1.59. The molecular weight excluding hydrogens is 150 g/mol. The number of aryl methyl sites for hydroxylation is 1. The predicted octanol–water partition coefficient (Wildman–Crippen LogP) is 1.75. The summed E-state index contributed by atoms with van der Waals surface area (Å²) in [5.74, 6) is 2.76. The molecule has 0 heterocycles. The lowest BCUT2D eigenvalue weighted by Crippen LogP contribution is -1.99. The fourth-order valence-electron chi connectivity index (χ4n) is 0.992. The Hall–Kier alpha value is -1.62. The van der Waals surface area contributed by atoms with E-state index in [1.165, 1.54) is 0 Å². The van der Waals surface area contributed by atoms with Crippen molar-refractivity contribution in [3.63, 3.8) is 0 Å². The van der Waals surface area contributed by atoms with Crippen LogP contribution in [0.4, 0.5) is 5.69 Å². The highest BCUT2D eigenvalue weighted by Gasteiger charge is 1.96. The van der Waals surface area contributed by atoms with E-state index in [1.54, 1.807) is 12.1 Å². The number of hydrogen-bond acceptors (Lipinski definition) is 2. The summed E-state index contributed by atoms with van der Waals surface area (Å²) in [5, 5.41) is 12.1. The lowest BCUT2D eigenvalue weighted by Gasteiger charge is -2.06. The van der Waals surface area contributed by atoms with E-state index in [4.69, 9.17) is 11.5 Å². The molecule has 2 heteroatoms. The normalized spacial score (nSPS) is 9.00. The molecule has 2 nitrogen and oxygen atoms in total. The largest absolute Gasteiger partial charge is 0.508 e. The molecule has 0 radical (unpaired) electrons. The standard InChI is InChI=1S/C10H11NO/c1-3-6-11-10-5-4-9(12)7-8(10)2/h1,4-5,7,11-12H,6H2,2H3. The lowest BCUT2D eigenvalue weighted by atomic mass is 10.2. The number of terminal acetylenes is 1. The average Bonchev–Trinajstić information content (AvgIpc) is 2.03. The molecule has 1 aromatic rings. The number of phenolic OH excluding ortho intramolecular Hbond substituents is 1. The zero-order valence-corrected chi connectivity index (χ0v) is 6.96. The zero-order chi connectivity index (χ0) is 8.97. The first-order valence-electron chi connectivity index (χ1n) is 3.71. The minimum Gasteiger partial charge on any atom is -0.508 e. The Balaban J connectivity index is 2.81. The van der Waals surface area contributed by atoms with Crippen molar-refractivity contribution in [2.45, 2.75) is 6.92 Å². The van der Waals surface area contributed by atoms with Gasteiger partial charge in [0.25, 0.3) is 0 Å². The molecular formula is C10H11NO. The first-order valence-corrected chi connectivity index (χ1v) is 3.71. The van der Waals surface area contributed by atoms with E-state index in [2.05, 4.69) is 11.2 Å². The van der Waals surface area contributed by atoms with Gasteiger partial charge in [-0.1, -0.05) is 5.92 Å². The highest BCUT2D eigenvalue weighted by atomic mass is 16.3. The molecule has 1 rings (SSSR count). The van der Waals surface area contributed by atoms with E-state index < -0.39 is 0 Å². The van der Waals surface area contributed by atoms with Crippen molar-refractivity contribution < 1.29 is 5.11 Å². The van der Waals surface area contributed by atoms with Crippen molar-refractivity contribution in [1.82, 2.24) is 0 Å². The van der Waals surface area contributed by atoms with Crippen molar-refractivity contribution in [3.05, 3.63) is 23.8 Å². The van der Waals surface area contributed by atoms with Gasteiger partial charge in [-0.15, -0.1) is 6.42 Å². The van der Waals surface area contributed by atoms with Gasteiger partial charge in [0.2, 0.25) is 0 Å². The summed E-state index contributed by atoms with van der Waals surface area (Å²) in [6.07, 6.45) is 5.09. The van der Waals surface area contributed by atoms with Gasteiger partial charge in [-0.3, -0.25) is 0 Å². The van der Waals surface area contributed by atoms with E-state index in [1.807, 2.05) is 13.0 Å². The number of rotatable bonds is 2. The lowest BCUT2D eigenvalue weighted by molar-refractivity contribution is 0.475. The maximum absolute atomic E-state index is 9.09. The summed E-state index contributed by atoms with van der Waals surface area (Å²) in [4.78, 5) is 0. The molecule has 0 spiro atoms. The molecule has 12 heavy (non-hydrogen) atoms. The Morgan fingerprint density at radius 1 is 1.58 bits per heavy atom. The highest BCUT2D eigenvalue weighted by molar-refractivity contribution is 5.53. The fourth-order valence-corrected chi connectivity index (χ4v) is 0.992. The second kappa shape index (κ2) is 3.68. The van der Waals surface area contributed by atoms with Gasteiger partial charge in [0.05, 0.1) is 6.54 Å². The summed E-state index contributed by atoms with van der Waals surface area (Å²) >= 11 is 0. The van der Waals surface area contributed by atoms with Crippen molar-refractivity contribution >= 4 is 5.69 Å². The summed E-state index contributed by atoms with van der Waals surface area (Å²) in [7, 11) is 0. The van der Waals surface area contributed by atoms with Gasteiger partial charge in [-0.2, -0.15) is 0 Å². The molecule has 0 aliphatic carbocycles. The molecule has 0 atom stereocenters. The Morgan fingerprint density at radius 2 is 2.33 bits per heavy atom. The zero-order valence-electron chi connectivity index (χ0n) is 6.96. The Morgan fingerprint density at radius 3 is 2.92 bits per heavy atom. The molecule has 0 amide bonds. The van der Waals surface area contributed by atoms with Crippen molar-refractivity contribution in [3.8, 4) is 18.1 Å². The number of hydrogen-bond donors (Lipinski definition) is 2. The van der Waals surface area contributed by atoms with Crippen LogP contribution in [0.25, 0.3) is 0 Å². The Kier molecular flexibility index (Phi) is 2.60. The predicted molar refractivity (Wildman–Crippen MR) is 50.2 cm³/mol. The molecule has 1 aromatic carbocycles. The number of nitrogens with one attached hydrogen (secondary N) is 1. The first kappa shape index (κ1) is 8.48. The maximum atomic E-state index is 9.09. The van der Waals surface area contributed by atoms with Gasteiger partial charge in [0.15, 0.2) is 0 Å². The van der Waals surface area contributed by atoms with E-state index in [9.17, 15) is 0 Å². The molecule has 62 valence electrons. The van der Waals surface area contributed by atoms with Crippen LogP contribution in [0, 0.1) is 19.3 Å². The molecule has 0 fully saturated rings. The van der Waals surface area contributed by atoms with Crippen LogP contribution in [0.15, 0.2) is 18.2 Å². The molecule has 0 saturated heterocycles. The molecule has 0 unspecified atom stereocenters. The topological polar surface area (TPSA) is 32.3 Å². The second-order valence-corrected chi connectivity index (χ2v) is 2.56. The Bertz CT molecular complexity index is 312. The minimum absolute atomic E-state index is 0.277. The maximum Gasteiger partial charge on any atom is 0.115 e. The number of phenols is 1. The Labute approximate surface area is 72.2 Å². The van der Waals surface area contributed by atoms with Crippen LogP contribution in [0.1, 0.15) is 5.56 Å². The number of benzene rings is 1. The van der Waals surface area contributed by atoms with Gasteiger partial charge in [0, 0.05) is 5.69 Å². The van der Waals surface area contributed by atoms with Gasteiger partial charge in [-0.25, -0.2) is 0 Å². The fraction of sp³-hybridized carbons (Fsp3) is 0.200. The molecule has 0 bridgehead atoms. The van der Waals surface area contributed by atoms with Crippen LogP contribution in [0.2, 0.25) is 0 Å². The van der Waals surface area contributed by atoms with Crippen LogP contribution < -0.4 is 5.32 Å². The second-order valence-electron chi connectivity index (χ2n) is 2.56. The van der Waals surface area contributed by atoms with Gasteiger partial charge in [0.1, 0.15) is 5.75 Å². The van der Waals surface area contributed by atoms with Crippen LogP contribution in [0.5, 0.6) is 5.75 Å². The summed E-state index contributed by atoms with van der Waals surface area (Å²) in [5.41, 5.74) is 1.95. The van der Waals surface area contributed by atoms with E-state index in [0.29, 0.717) is 6.54 Å². The molecule has 0 saturated carbocycles. The molecule has 0 aromatic heterocycles. The SMILES string of the molecule is C#CCNc1ccc(O)cc1C. The van der Waals surface area contributed by atoms with Gasteiger partial charge in [-0.05, 0) is 30.7 Å². The number of aromatic hydroxyl groups is 1. The highest BCUT2D eigenvalue weighted by Crippen LogP contribution is 2.19. The third-order valence-electron chi connectivity index (χ3n) is 1.59. The smallest absolute Gasteiger partial charge is 0.115 e. The summed E-state index contributed by atoms with van der Waals surface area (Å²) < 4.78 is 0. The van der Waals surface area contributed by atoms with Crippen molar-refractivity contribution in [2.24, 2.45) is 0 Å². The van der Waals surface area contributed by atoms with Crippen LogP contribution >= 0.6 is 0 Å². The summed E-state index contributed by atoms with van der Waals surface area (Å²) in [6, 6.07) is 5.13. The van der Waals surface area contributed by atoms with Crippen LogP contribution in [-0.2, 0) is 0 Å². The molecule has 0 aliphatic rings. The summed E-state index contributed by atoms with van der Waals surface area (Å²) in [6.45, 7) is 2.42. The van der Waals surface area contributed by atoms with Crippen molar-refractivity contribution in [1.29, 1.82) is 0 Å². The van der Waals surface area contributed by atoms with E-state index >= 15 is 0 Å². The quantitative estimate of drug-likeness (QED) is 0.511. The van der Waals surface area contributed by atoms with Gasteiger partial charge < -0.3 is 10.4 Å². The van der Waals surface area contributed by atoms with E-state index in [0.717, 1.165) is 11.3 Å². The third kappa shape index (κ3) is 1.93. The van der Waals surface area contributed by atoms with Gasteiger partial charge >= 0.3 is 0 Å². The minimum atomic E-state index is 0.277.